The van der Waals surface area contributed by atoms with Gasteiger partial charge in [-0.15, -0.1) is 6.58 Å². The van der Waals surface area contributed by atoms with E-state index in [1.807, 2.05) is 47.0 Å². The maximum absolute atomic E-state index is 14.2. The molecule has 0 saturated carbocycles. The molecule has 6 heteroatoms. The van der Waals surface area contributed by atoms with Gasteiger partial charge < -0.3 is 4.90 Å². The molecule has 0 unspecified atom stereocenters. The molecule has 0 atom stereocenters. The van der Waals surface area contributed by atoms with Crippen LogP contribution in [0.1, 0.15) is 16.2 Å². The summed E-state index contributed by atoms with van der Waals surface area (Å²) in [4.78, 5) is 19.3. The third kappa shape index (κ3) is 3.84. The number of nitrogens with zero attached hydrogens (tertiary/aromatic N) is 3. The van der Waals surface area contributed by atoms with Gasteiger partial charge in [-0.2, -0.15) is 0 Å². The van der Waals surface area contributed by atoms with E-state index in [1.165, 1.54) is 17.0 Å². The lowest BCUT2D eigenvalue weighted by atomic mass is 10.2. The average molecular weight is 420 g/mol. The van der Waals surface area contributed by atoms with Crippen molar-refractivity contribution >= 4 is 28.5 Å². The summed E-state index contributed by atoms with van der Waals surface area (Å²) in [5, 5.41) is 0.594. The van der Waals surface area contributed by atoms with Gasteiger partial charge in [-0.05, 0) is 42.5 Å². The third-order valence-corrected chi connectivity index (χ3v) is 5.01. The molecule has 0 fully saturated rings. The molecule has 0 aliphatic rings. The molecule has 4 nitrogen and oxygen atoms in total. The summed E-state index contributed by atoms with van der Waals surface area (Å²) in [5.74, 6) is -0.331. The zero-order chi connectivity index (χ0) is 21.1. The normalized spacial score (nSPS) is 10.9. The summed E-state index contributed by atoms with van der Waals surface area (Å²) < 4.78 is 16.2. The van der Waals surface area contributed by atoms with Gasteiger partial charge in [-0.3, -0.25) is 9.36 Å². The van der Waals surface area contributed by atoms with Crippen molar-refractivity contribution < 1.29 is 9.18 Å². The molecule has 4 aromatic rings. The van der Waals surface area contributed by atoms with Gasteiger partial charge in [0.1, 0.15) is 11.6 Å². The van der Waals surface area contributed by atoms with Crippen LogP contribution in [0.4, 0.5) is 4.39 Å². The molecule has 0 bridgehead atoms. The minimum atomic E-state index is -0.556. The van der Waals surface area contributed by atoms with E-state index in [2.05, 4.69) is 6.58 Å². The molecular weight excluding hydrogens is 401 g/mol. The number of halogens is 2. The number of aromatic nitrogens is 2. The first-order chi connectivity index (χ1) is 14.6. The van der Waals surface area contributed by atoms with Gasteiger partial charge in [0.2, 0.25) is 0 Å². The molecule has 1 aromatic heterocycles. The van der Waals surface area contributed by atoms with E-state index in [-0.39, 0.29) is 18.7 Å². The van der Waals surface area contributed by atoms with Crippen LogP contribution in [0.2, 0.25) is 5.02 Å². The van der Waals surface area contributed by atoms with Crippen LogP contribution in [0.25, 0.3) is 16.7 Å². The second-order valence-electron chi connectivity index (χ2n) is 6.79. The molecule has 30 heavy (non-hydrogen) atoms. The zero-order valence-corrected chi connectivity index (χ0v) is 16.9. The first-order valence-corrected chi connectivity index (χ1v) is 9.83. The Morgan fingerprint density at radius 3 is 2.57 bits per heavy atom. The highest BCUT2D eigenvalue weighted by Gasteiger charge is 2.22. The van der Waals surface area contributed by atoms with Crippen molar-refractivity contribution in [1.29, 1.82) is 0 Å². The van der Waals surface area contributed by atoms with E-state index in [0.717, 1.165) is 16.7 Å². The number of carbonyl (C=O) groups is 1. The van der Waals surface area contributed by atoms with Crippen molar-refractivity contribution in [3.63, 3.8) is 0 Å². The summed E-state index contributed by atoms with van der Waals surface area (Å²) in [6.45, 7) is 4.18. The Hall–Kier alpha value is -3.44. The molecule has 1 heterocycles. The third-order valence-electron chi connectivity index (χ3n) is 4.77. The second-order valence-corrected chi connectivity index (χ2v) is 7.22. The Morgan fingerprint density at radius 1 is 1.10 bits per heavy atom. The van der Waals surface area contributed by atoms with Crippen LogP contribution in [0.15, 0.2) is 85.5 Å². The highest BCUT2D eigenvalue weighted by Crippen LogP contribution is 2.26. The van der Waals surface area contributed by atoms with Crippen molar-refractivity contribution in [2.75, 3.05) is 6.54 Å². The van der Waals surface area contributed by atoms with E-state index in [1.54, 1.807) is 24.3 Å². The van der Waals surface area contributed by atoms with Gasteiger partial charge in [0.05, 0.1) is 23.1 Å². The highest BCUT2D eigenvalue weighted by molar-refractivity contribution is 6.31. The number of carbonyl (C=O) groups excluding carboxylic acids is 1. The Labute approximate surface area is 178 Å². The Balaban J connectivity index is 1.81. The molecule has 0 spiro atoms. The number of fused-ring (bicyclic) bond motifs is 1. The average Bonchev–Trinajstić information content (AvgIpc) is 3.11. The lowest BCUT2D eigenvalue weighted by molar-refractivity contribution is 0.0753. The van der Waals surface area contributed by atoms with E-state index in [9.17, 15) is 9.18 Å². The smallest absolute Gasteiger partial charge is 0.257 e. The minimum Gasteiger partial charge on any atom is -0.327 e. The summed E-state index contributed by atoms with van der Waals surface area (Å²) in [6.07, 6.45) is 1.62. The van der Waals surface area contributed by atoms with Crippen LogP contribution in [-0.2, 0) is 6.54 Å². The molecule has 0 aliphatic carbocycles. The summed E-state index contributed by atoms with van der Waals surface area (Å²) in [5.41, 5.74) is 2.51. The monoisotopic (exact) mass is 419 g/mol. The van der Waals surface area contributed by atoms with Gasteiger partial charge in [-0.1, -0.05) is 48.0 Å². The van der Waals surface area contributed by atoms with Gasteiger partial charge in [0.25, 0.3) is 5.91 Å². The van der Waals surface area contributed by atoms with Crippen molar-refractivity contribution in [3.8, 4) is 5.69 Å². The van der Waals surface area contributed by atoms with Crippen LogP contribution in [0.5, 0.6) is 0 Å². The Morgan fingerprint density at radius 2 is 1.83 bits per heavy atom. The molecule has 0 N–H and O–H groups in total. The quantitative estimate of drug-likeness (QED) is 0.379. The predicted octanol–water partition coefficient (Wildman–Crippen LogP) is 5.65. The van der Waals surface area contributed by atoms with Crippen molar-refractivity contribution in [3.05, 3.63) is 108 Å². The number of amides is 1. The van der Waals surface area contributed by atoms with Gasteiger partial charge in [-0.25, -0.2) is 9.37 Å². The molecule has 1 amide bonds. The molecule has 0 aliphatic heterocycles. The van der Waals surface area contributed by atoms with E-state index >= 15 is 0 Å². The molecule has 4 rings (SSSR count). The summed E-state index contributed by atoms with van der Waals surface area (Å²) >= 11 is 6.23. The lowest BCUT2D eigenvalue weighted by Gasteiger charge is -2.22. The first-order valence-electron chi connectivity index (χ1n) is 9.45. The fraction of sp³-hybridized carbons (Fsp3) is 0.0833. The number of benzene rings is 3. The Kier molecular flexibility index (Phi) is 5.63. The SMILES string of the molecule is C=CCN(Cc1nc2ccc(Cl)cc2n1-c1ccccc1)C(=O)c1ccccc1F. The molecule has 3 aromatic carbocycles. The first kappa shape index (κ1) is 19.9. The van der Waals surface area contributed by atoms with Crippen LogP contribution in [-0.4, -0.2) is 26.9 Å². The van der Waals surface area contributed by atoms with Gasteiger partial charge >= 0.3 is 0 Å². The lowest BCUT2D eigenvalue weighted by Crippen LogP contribution is -2.32. The van der Waals surface area contributed by atoms with Crippen molar-refractivity contribution in [2.24, 2.45) is 0 Å². The summed E-state index contributed by atoms with van der Waals surface area (Å²) in [7, 11) is 0. The fourth-order valence-corrected chi connectivity index (χ4v) is 3.59. The van der Waals surface area contributed by atoms with E-state index in [0.29, 0.717) is 10.8 Å². The largest absolute Gasteiger partial charge is 0.327 e. The van der Waals surface area contributed by atoms with Gasteiger partial charge in [0.15, 0.2) is 0 Å². The maximum atomic E-state index is 14.2. The fourth-order valence-electron chi connectivity index (χ4n) is 3.42. The van der Waals surface area contributed by atoms with Crippen LogP contribution < -0.4 is 0 Å². The number of para-hydroxylation sites is 1. The topological polar surface area (TPSA) is 38.1 Å². The van der Waals surface area contributed by atoms with Crippen molar-refractivity contribution in [1.82, 2.24) is 14.5 Å². The number of hydrogen-bond acceptors (Lipinski definition) is 2. The standard InChI is InChI=1S/C24H19ClFN3O/c1-2-14-28(24(30)19-10-6-7-11-20(19)26)16-23-27-21-13-12-17(25)15-22(21)29(23)18-8-4-3-5-9-18/h2-13,15H,1,14,16H2. The second kappa shape index (κ2) is 8.51. The number of hydrogen-bond donors (Lipinski definition) is 0. The van der Waals surface area contributed by atoms with E-state index in [4.69, 9.17) is 16.6 Å². The highest BCUT2D eigenvalue weighted by atomic mass is 35.5. The molecule has 0 saturated heterocycles. The molecular formula is C24H19ClFN3O. The van der Waals surface area contributed by atoms with Gasteiger partial charge in [0, 0.05) is 17.3 Å². The number of rotatable bonds is 6. The minimum absolute atomic E-state index is 0.0183. The van der Waals surface area contributed by atoms with Crippen LogP contribution >= 0.6 is 11.6 Å². The Bertz CT molecular complexity index is 1220. The maximum Gasteiger partial charge on any atom is 0.257 e. The predicted molar refractivity (Wildman–Crippen MR) is 117 cm³/mol. The number of imidazole rings is 1. The zero-order valence-electron chi connectivity index (χ0n) is 16.1. The molecule has 0 radical (unpaired) electrons. The molecule has 150 valence electrons. The van der Waals surface area contributed by atoms with Crippen LogP contribution in [0.3, 0.4) is 0 Å². The van der Waals surface area contributed by atoms with Crippen molar-refractivity contribution in [2.45, 2.75) is 6.54 Å². The van der Waals surface area contributed by atoms with E-state index < -0.39 is 11.7 Å². The van der Waals surface area contributed by atoms with Crippen LogP contribution in [0, 0.1) is 5.82 Å². The summed E-state index contributed by atoms with van der Waals surface area (Å²) in [6, 6.07) is 21.1.